The summed E-state index contributed by atoms with van der Waals surface area (Å²) in [5, 5.41) is 12.7. The highest BCUT2D eigenvalue weighted by Gasteiger charge is 2.31. The smallest absolute Gasteiger partial charge is 0.275 e. The van der Waals surface area contributed by atoms with Crippen LogP contribution in [0.4, 0.5) is 0 Å². The number of morpholine rings is 1. The normalized spacial score (nSPS) is 16.3. The van der Waals surface area contributed by atoms with Crippen LogP contribution in [0, 0.1) is 6.92 Å². The van der Waals surface area contributed by atoms with Crippen LogP contribution in [0.2, 0.25) is 0 Å². The number of pyridine rings is 1. The van der Waals surface area contributed by atoms with Gasteiger partial charge in [-0.3, -0.25) is 4.79 Å². The highest BCUT2D eigenvalue weighted by atomic mass is 16.5. The van der Waals surface area contributed by atoms with E-state index in [2.05, 4.69) is 32.4 Å². The molecule has 0 bridgehead atoms. The first-order chi connectivity index (χ1) is 15.7. The average molecular weight is 429 g/mol. The summed E-state index contributed by atoms with van der Waals surface area (Å²) < 4.78 is 7.56. The van der Waals surface area contributed by atoms with Crippen LogP contribution in [0.25, 0.3) is 11.4 Å². The molecule has 5 rings (SSSR count). The number of aryl methyl sites for hydroxylation is 1. The fourth-order valence-electron chi connectivity index (χ4n) is 3.96. The number of carbonyl (C=O) groups is 1. The molecule has 1 aliphatic rings. The quantitative estimate of drug-likeness (QED) is 0.483. The summed E-state index contributed by atoms with van der Waals surface area (Å²) in [5.41, 5.74) is 3.77. The maximum atomic E-state index is 13.6. The molecule has 1 saturated heterocycles. The third-order valence-corrected chi connectivity index (χ3v) is 5.49. The number of carbonyl (C=O) groups excluding carboxylic acids is 1. The Balaban J connectivity index is 1.43. The van der Waals surface area contributed by atoms with Gasteiger partial charge in [0.1, 0.15) is 5.69 Å². The molecule has 0 saturated carbocycles. The monoisotopic (exact) mass is 429 g/mol. The molecule has 0 N–H and O–H groups in total. The summed E-state index contributed by atoms with van der Waals surface area (Å²) in [7, 11) is 0. The molecule has 0 radical (unpaired) electrons. The van der Waals surface area contributed by atoms with Crippen molar-refractivity contribution in [2.24, 2.45) is 0 Å². The summed E-state index contributed by atoms with van der Waals surface area (Å²) in [4.78, 5) is 21.5. The highest BCUT2D eigenvalue weighted by Crippen LogP contribution is 2.21. The van der Waals surface area contributed by atoms with Crippen molar-refractivity contribution in [3.05, 3.63) is 84.2 Å². The van der Waals surface area contributed by atoms with Gasteiger partial charge in [0.05, 0.1) is 37.3 Å². The van der Waals surface area contributed by atoms with Crippen molar-refractivity contribution in [1.29, 1.82) is 0 Å². The van der Waals surface area contributed by atoms with Crippen LogP contribution in [-0.2, 0) is 11.2 Å². The van der Waals surface area contributed by atoms with Gasteiger partial charge in [-0.15, -0.1) is 4.80 Å². The fourth-order valence-corrected chi connectivity index (χ4v) is 3.96. The van der Waals surface area contributed by atoms with Crippen LogP contribution < -0.4 is 0 Å². The van der Waals surface area contributed by atoms with Gasteiger partial charge in [-0.05, 0) is 49.2 Å². The van der Waals surface area contributed by atoms with Gasteiger partial charge in [-0.25, -0.2) is 9.67 Å². The first-order valence-electron chi connectivity index (χ1n) is 10.5. The third kappa shape index (κ3) is 4.02. The van der Waals surface area contributed by atoms with Crippen LogP contribution in [0.3, 0.4) is 0 Å². The minimum absolute atomic E-state index is 0.107. The second kappa shape index (κ2) is 8.72. The molecule has 0 spiro atoms. The highest BCUT2D eigenvalue weighted by molar-refractivity contribution is 5.96. The second-order valence-corrected chi connectivity index (χ2v) is 7.69. The van der Waals surface area contributed by atoms with Gasteiger partial charge in [0.25, 0.3) is 5.91 Å². The van der Waals surface area contributed by atoms with Gasteiger partial charge < -0.3 is 9.64 Å². The lowest BCUT2D eigenvalue weighted by molar-refractivity contribution is -0.00197. The van der Waals surface area contributed by atoms with Crippen LogP contribution in [0.5, 0.6) is 0 Å². The maximum Gasteiger partial charge on any atom is 0.275 e. The molecular weight excluding hydrogens is 406 g/mol. The molecule has 1 amide bonds. The molecule has 1 aromatic carbocycles. The number of amides is 1. The Morgan fingerprint density at radius 3 is 2.78 bits per heavy atom. The molecule has 32 heavy (non-hydrogen) atoms. The topological polar surface area (TPSA) is 91.0 Å². The minimum atomic E-state index is -0.141. The van der Waals surface area contributed by atoms with Crippen molar-refractivity contribution < 1.29 is 9.53 Å². The first kappa shape index (κ1) is 20.1. The number of rotatable bonds is 5. The predicted molar refractivity (Wildman–Crippen MR) is 117 cm³/mol. The zero-order valence-corrected chi connectivity index (χ0v) is 17.7. The van der Waals surface area contributed by atoms with E-state index < -0.39 is 0 Å². The number of ether oxygens (including phenoxy) is 1. The van der Waals surface area contributed by atoms with Gasteiger partial charge >= 0.3 is 0 Å². The predicted octanol–water partition coefficient (Wildman–Crippen LogP) is 2.24. The molecular formula is C23H23N7O2. The zero-order valence-electron chi connectivity index (χ0n) is 17.7. The van der Waals surface area contributed by atoms with Crippen molar-refractivity contribution in [1.82, 2.24) is 34.7 Å². The lowest BCUT2D eigenvalue weighted by atomic mass is 10.0. The Morgan fingerprint density at radius 1 is 1.09 bits per heavy atom. The van der Waals surface area contributed by atoms with E-state index in [0.717, 1.165) is 16.9 Å². The molecule has 0 aliphatic carbocycles. The largest absolute Gasteiger partial charge is 0.377 e. The van der Waals surface area contributed by atoms with Crippen molar-refractivity contribution in [2.75, 3.05) is 19.8 Å². The van der Waals surface area contributed by atoms with E-state index in [-0.39, 0.29) is 11.9 Å². The van der Waals surface area contributed by atoms with Crippen LogP contribution in [-0.4, -0.2) is 66.4 Å². The maximum absolute atomic E-state index is 13.6. The molecule has 4 heterocycles. The number of nitrogens with zero attached hydrogens (tertiary/aromatic N) is 7. The van der Waals surface area contributed by atoms with E-state index in [4.69, 9.17) is 4.74 Å². The Hall–Kier alpha value is -3.85. The lowest BCUT2D eigenvalue weighted by Gasteiger charge is -2.36. The summed E-state index contributed by atoms with van der Waals surface area (Å²) in [6.07, 6.45) is 7.49. The lowest BCUT2D eigenvalue weighted by Crippen LogP contribution is -2.50. The SMILES string of the molecule is Cc1ccc(-n2nccn2)c(C(=O)N2CCOCC2Cc2cccc(-n3cccn3)c2)n1. The third-order valence-electron chi connectivity index (χ3n) is 5.49. The van der Waals surface area contributed by atoms with Crippen LogP contribution >= 0.6 is 0 Å². The summed E-state index contributed by atoms with van der Waals surface area (Å²) in [6.45, 7) is 3.34. The van der Waals surface area contributed by atoms with Crippen LogP contribution in [0.1, 0.15) is 21.7 Å². The van der Waals surface area contributed by atoms with Gasteiger partial charge in [-0.1, -0.05) is 12.1 Å². The Labute approximate surface area is 185 Å². The second-order valence-electron chi connectivity index (χ2n) is 7.69. The van der Waals surface area contributed by atoms with Crippen molar-refractivity contribution in [2.45, 2.75) is 19.4 Å². The Kier molecular flexibility index (Phi) is 5.47. The first-order valence-corrected chi connectivity index (χ1v) is 10.5. The van der Waals surface area contributed by atoms with Gasteiger partial charge in [-0.2, -0.15) is 15.3 Å². The summed E-state index contributed by atoms with van der Waals surface area (Å²) in [6, 6.07) is 13.6. The number of aromatic nitrogens is 6. The molecule has 1 aliphatic heterocycles. The zero-order chi connectivity index (χ0) is 21.9. The molecule has 162 valence electrons. The van der Waals surface area contributed by atoms with E-state index in [1.807, 2.05) is 53.0 Å². The standard InChI is InChI=1S/C23H23N7O2/c1-17-6-7-21(30-25-9-10-26-30)22(27-17)23(31)28-12-13-32-16-20(28)15-18-4-2-5-19(14-18)29-11-3-8-24-29/h2-11,14,20H,12-13,15-16H2,1H3. The van der Waals surface area contributed by atoms with Crippen molar-refractivity contribution >= 4 is 5.91 Å². The number of hydrogen-bond acceptors (Lipinski definition) is 6. The van der Waals surface area contributed by atoms with Gasteiger partial charge in [0.15, 0.2) is 5.69 Å². The van der Waals surface area contributed by atoms with Crippen LogP contribution in [0.15, 0.2) is 67.3 Å². The minimum Gasteiger partial charge on any atom is -0.377 e. The van der Waals surface area contributed by atoms with Gasteiger partial charge in [0, 0.05) is 24.6 Å². The van der Waals surface area contributed by atoms with E-state index in [9.17, 15) is 4.79 Å². The average Bonchev–Trinajstić information content (AvgIpc) is 3.54. The molecule has 1 fully saturated rings. The Morgan fingerprint density at radius 2 is 1.97 bits per heavy atom. The number of benzene rings is 1. The Bertz CT molecular complexity index is 1210. The van der Waals surface area contributed by atoms with E-state index in [1.54, 1.807) is 18.6 Å². The molecule has 9 nitrogen and oxygen atoms in total. The fraction of sp³-hybridized carbons (Fsp3) is 0.261. The molecule has 3 aromatic heterocycles. The van der Waals surface area contributed by atoms with E-state index >= 15 is 0 Å². The summed E-state index contributed by atoms with van der Waals surface area (Å²) >= 11 is 0. The molecule has 4 aromatic rings. The molecule has 9 heteroatoms. The van der Waals surface area contributed by atoms with Gasteiger partial charge in [0.2, 0.25) is 0 Å². The summed E-state index contributed by atoms with van der Waals surface area (Å²) in [5.74, 6) is -0.141. The van der Waals surface area contributed by atoms with Crippen molar-refractivity contribution in [3.8, 4) is 11.4 Å². The number of hydrogen-bond donors (Lipinski definition) is 0. The van der Waals surface area contributed by atoms with E-state index in [0.29, 0.717) is 37.6 Å². The molecule has 1 unspecified atom stereocenters. The van der Waals surface area contributed by atoms with Crippen molar-refractivity contribution in [3.63, 3.8) is 0 Å². The molecule has 1 atom stereocenters. The van der Waals surface area contributed by atoms with E-state index in [1.165, 1.54) is 4.80 Å².